The van der Waals surface area contributed by atoms with Gasteiger partial charge in [0.05, 0.1) is 5.69 Å². The Hall–Kier alpha value is -6.51. The Kier molecular flexibility index (Phi) is 7.86. The lowest BCUT2D eigenvalue weighted by Crippen LogP contribution is -2.15. The minimum absolute atomic E-state index is 0.0853. The van der Waals surface area contributed by atoms with E-state index >= 15 is 0 Å². The van der Waals surface area contributed by atoms with Crippen LogP contribution in [-0.2, 0) is 5.41 Å². The van der Waals surface area contributed by atoms with E-state index in [1.165, 1.54) is 61.2 Å². The van der Waals surface area contributed by atoms with Crippen molar-refractivity contribution < 1.29 is 0 Å². The number of hydrogen-bond donors (Lipinski definition) is 0. The van der Waals surface area contributed by atoms with Crippen LogP contribution in [0.15, 0.2) is 194 Å². The topological polar surface area (TPSA) is 16.1 Å². The van der Waals surface area contributed by atoms with Crippen molar-refractivity contribution in [2.24, 2.45) is 0 Å². The van der Waals surface area contributed by atoms with Gasteiger partial charge >= 0.3 is 0 Å². The molecule has 8 aromatic rings. The number of fused-ring (bicyclic) bond motifs is 3. The monoisotopic (exact) mass is 666 g/mol. The molecule has 1 aliphatic rings. The van der Waals surface area contributed by atoms with Gasteiger partial charge in [0.25, 0.3) is 0 Å². The summed E-state index contributed by atoms with van der Waals surface area (Å²) in [7, 11) is 0. The smallest absolute Gasteiger partial charge is 0.0745 e. The molecule has 2 nitrogen and oxygen atoms in total. The molecule has 52 heavy (non-hydrogen) atoms. The van der Waals surface area contributed by atoms with Gasteiger partial charge in [0.15, 0.2) is 0 Å². The molecule has 1 aromatic heterocycles. The van der Waals surface area contributed by atoms with Crippen molar-refractivity contribution in [2.75, 3.05) is 4.90 Å². The largest absolute Gasteiger partial charge is 0.311 e. The molecular weight excluding hydrogens is 629 g/mol. The molecule has 9 rings (SSSR count). The highest BCUT2D eigenvalue weighted by Gasteiger charge is 2.36. The van der Waals surface area contributed by atoms with Gasteiger partial charge in [0.1, 0.15) is 0 Å². The summed E-state index contributed by atoms with van der Waals surface area (Å²) >= 11 is 0. The second-order valence-electron chi connectivity index (χ2n) is 14.1. The van der Waals surface area contributed by atoms with Gasteiger partial charge < -0.3 is 4.90 Å². The van der Waals surface area contributed by atoms with Crippen molar-refractivity contribution >= 4 is 17.1 Å². The number of hydrogen-bond acceptors (Lipinski definition) is 2. The Morgan fingerprint density at radius 2 is 0.788 bits per heavy atom. The molecule has 0 saturated heterocycles. The van der Waals surface area contributed by atoms with Crippen molar-refractivity contribution in [3.8, 4) is 55.8 Å². The Labute approximate surface area is 306 Å². The van der Waals surface area contributed by atoms with Gasteiger partial charge in [-0.15, -0.1) is 0 Å². The lowest BCUT2D eigenvalue weighted by molar-refractivity contribution is 0.659. The maximum absolute atomic E-state index is 4.74. The summed E-state index contributed by atoms with van der Waals surface area (Å²) in [5.41, 5.74) is 17.9. The molecule has 0 N–H and O–H groups in total. The molecule has 1 aliphatic carbocycles. The van der Waals surface area contributed by atoms with Crippen LogP contribution in [0.2, 0.25) is 0 Å². The van der Waals surface area contributed by atoms with Gasteiger partial charge in [0.2, 0.25) is 0 Å². The molecule has 0 unspecified atom stereocenters. The number of benzene rings is 7. The lowest BCUT2D eigenvalue weighted by atomic mass is 9.82. The van der Waals surface area contributed by atoms with Crippen molar-refractivity contribution in [1.82, 2.24) is 4.98 Å². The molecule has 0 spiro atoms. The highest BCUT2D eigenvalue weighted by molar-refractivity contribution is 5.84. The Morgan fingerprint density at radius 1 is 0.365 bits per heavy atom. The molecule has 0 saturated carbocycles. The summed E-state index contributed by atoms with van der Waals surface area (Å²) < 4.78 is 0. The first-order chi connectivity index (χ1) is 25.5. The van der Waals surface area contributed by atoms with Crippen LogP contribution >= 0.6 is 0 Å². The van der Waals surface area contributed by atoms with Crippen LogP contribution in [0.25, 0.3) is 55.8 Å². The van der Waals surface area contributed by atoms with Crippen molar-refractivity contribution in [1.29, 1.82) is 0 Å². The first kappa shape index (κ1) is 31.5. The predicted octanol–water partition coefficient (Wildman–Crippen LogP) is 13.5. The van der Waals surface area contributed by atoms with Gasteiger partial charge in [-0.25, -0.2) is 0 Å². The van der Waals surface area contributed by atoms with Crippen molar-refractivity contribution in [3.63, 3.8) is 0 Å². The zero-order valence-electron chi connectivity index (χ0n) is 29.4. The van der Waals surface area contributed by atoms with E-state index in [2.05, 4.69) is 201 Å². The van der Waals surface area contributed by atoms with E-state index in [1.54, 1.807) is 0 Å². The van der Waals surface area contributed by atoms with E-state index in [9.17, 15) is 0 Å². The van der Waals surface area contributed by atoms with Gasteiger partial charge in [-0.3, -0.25) is 4.98 Å². The SMILES string of the molecule is CC1(C)c2cc(-c3cccc(-c4ccc(N(c5ccc(-c6ccccc6)cc5)c5ccc(-c6ccccc6)cc5)cc4)c3)ccc2-c2ncccc21. The molecule has 0 bridgehead atoms. The average molecular weight is 667 g/mol. The Morgan fingerprint density at radius 3 is 1.33 bits per heavy atom. The van der Waals surface area contributed by atoms with Gasteiger partial charge in [-0.2, -0.15) is 0 Å². The Balaban J connectivity index is 1.05. The van der Waals surface area contributed by atoms with Crippen LogP contribution in [0.3, 0.4) is 0 Å². The van der Waals surface area contributed by atoms with E-state index in [0.717, 1.165) is 22.8 Å². The lowest BCUT2D eigenvalue weighted by Gasteiger charge is -2.26. The fourth-order valence-corrected chi connectivity index (χ4v) is 7.71. The summed E-state index contributed by atoms with van der Waals surface area (Å²) in [5, 5.41) is 0. The second kappa shape index (κ2) is 13.0. The van der Waals surface area contributed by atoms with E-state index in [0.29, 0.717) is 0 Å². The van der Waals surface area contributed by atoms with Gasteiger partial charge in [0, 0.05) is 34.2 Å². The second-order valence-corrected chi connectivity index (χ2v) is 14.1. The highest BCUT2D eigenvalue weighted by atomic mass is 15.1. The molecule has 0 aliphatic heterocycles. The van der Waals surface area contributed by atoms with Crippen LogP contribution in [0, 0.1) is 0 Å². The third-order valence-electron chi connectivity index (χ3n) is 10.5. The van der Waals surface area contributed by atoms with Gasteiger partial charge in [-0.05, 0) is 110 Å². The summed E-state index contributed by atoms with van der Waals surface area (Å²) in [5.74, 6) is 0. The number of rotatable bonds is 7. The third kappa shape index (κ3) is 5.69. The zero-order chi connectivity index (χ0) is 35.1. The number of nitrogens with zero attached hydrogens (tertiary/aromatic N) is 2. The fraction of sp³-hybridized carbons (Fsp3) is 0.0600. The molecular formula is C50H38N2. The summed E-state index contributed by atoms with van der Waals surface area (Å²) in [6.07, 6.45) is 1.90. The summed E-state index contributed by atoms with van der Waals surface area (Å²) in [6.45, 7) is 4.61. The molecule has 248 valence electrons. The predicted molar refractivity (Wildman–Crippen MR) is 218 cm³/mol. The molecule has 0 atom stereocenters. The van der Waals surface area contributed by atoms with Crippen LogP contribution in [0.5, 0.6) is 0 Å². The van der Waals surface area contributed by atoms with E-state index < -0.39 is 0 Å². The summed E-state index contributed by atoms with van der Waals surface area (Å²) in [6, 6.07) is 67.8. The maximum atomic E-state index is 4.74. The molecule has 1 heterocycles. The number of anilines is 3. The first-order valence-electron chi connectivity index (χ1n) is 18.0. The van der Waals surface area contributed by atoms with E-state index in [4.69, 9.17) is 4.98 Å². The third-order valence-corrected chi connectivity index (χ3v) is 10.5. The van der Waals surface area contributed by atoms with E-state index in [1.807, 2.05) is 12.3 Å². The minimum Gasteiger partial charge on any atom is -0.311 e. The normalized spacial score (nSPS) is 12.6. The van der Waals surface area contributed by atoms with Crippen LogP contribution < -0.4 is 4.90 Å². The van der Waals surface area contributed by atoms with Crippen LogP contribution in [0.1, 0.15) is 25.0 Å². The fourth-order valence-electron chi connectivity index (χ4n) is 7.71. The van der Waals surface area contributed by atoms with Crippen molar-refractivity contribution in [2.45, 2.75) is 19.3 Å². The highest BCUT2D eigenvalue weighted by Crippen LogP contribution is 2.48. The molecule has 0 amide bonds. The van der Waals surface area contributed by atoms with Crippen LogP contribution in [0.4, 0.5) is 17.1 Å². The minimum atomic E-state index is -0.0853. The molecule has 0 fully saturated rings. The van der Waals surface area contributed by atoms with E-state index in [-0.39, 0.29) is 5.41 Å². The van der Waals surface area contributed by atoms with Crippen LogP contribution in [-0.4, -0.2) is 4.98 Å². The van der Waals surface area contributed by atoms with Gasteiger partial charge in [-0.1, -0.05) is 147 Å². The molecule has 2 heteroatoms. The summed E-state index contributed by atoms with van der Waals surface area (Å²) in [4.78, 5) is 7.08. The zero-order valence-corrected chi connectivity index (χ0v) is 29.4. The molecule has 7 aromatic carbocycles. The Bertz CT molecular complexity index is 2410. The quantitative estimate of drug-likeness (QED) is 0.168. The first-order valence-corrected chi connectivity index (χ1v) is 18.0. The average Bonchev–Trinajstić information content (AvgIpc) is 3.45. The standard InChI is InChI=1S/C50H38N2/c1-50(2)47-17-10-32-51-49(47)46-31-24-42(34-48(46)50)41-16-9-15-40(33-41)39-22-29-45(30-23-39)52(43-25-18-37(19-26-43)35-11-5-3-6-12-35)44-27-20-38(21-28-44)36-13-7-4-8-14-36/h3-34H,1-2H3. The number of pyridine rings is 1. The maximum Gasteiger partial charge on any atom is 0.0745 e. The van der Waals surface area contributed by atoms with Crippen molar-refractivity contribution in [3.05, 3.63) is 205 Å². The number of aromatic nitrogens is 1. The molecule has 0 radical (unpaired) electrons.